The number of nitrogens with one attached hydrogen (secondary N) is 1. The van der Waals surface area contributed by atoms with E-state index in [0.717, 1.165) is 24.8 Å². The molecule has 0 saturated carbocycles. The van der Waals surface area contributed by atoms with E-state index >= 15 is 0 Å². The molecule has 3 nitrogen and oxygen atoms in total. The van der Waals surface area contributed by atoms with Crippen molar-refractivity contribution in [2.75, 3.05) is 6.54 Å². The Balaban J connectivity index is 1.98. The third-order valence-electron chi connectivity index (χ3n) is 3.50. The van der Waals surface area contributed by atoms with Gasteiger partial charge in [-0.2, -0.15) is 0 Å². The molecular weight excluding hydrogens is 224 g/mol. The summed E-state index contributed by atoms with van der Waals surface area (Å²) in [4.78, 5) is 12.0. The normalized spacial score (nSPS) is 15.9. The Morgan fingerprint density at radius 1 is 1.33 bits per heavy atom. The number of carbonyl (C=O) groups excluding carboxylic acids is 1. The van der Waals surface area contributed by atoms with Crippen molar-refractivity contribution in [2.45, 2.75) is 45.1 Å². The van der Waals surface area contributed by atoms with Crippen molar-refractivity contribution in [1.82, 2.24) is 5.32 Å². The second kappa shape index (κ2) is 6.01. The van der Waals surface area contributed by atoms with Crippen molar-refractivity contribution >= 4 is 5.91 Å². The molecule has 1 amide bonds. The average Bonchev–Trinajstić information content (AvgIpc) is 2.37. The summed E-state index contributed by atoms with van der Waals surface area (Å²) in [7, 11) is 0. The standard InChI is InChI=1S/C15H22N2O/c1-11(16)8-9-17-15(18)14-7-6-12-4-2-3-5-13(12)10-14/h6-7,10-11H,2-5,8-9,16H2,1H3,(H,17,18). The number of aryl methyl sites for hydroxylation is 2. The van der Waals surface area contributed by atoms with Gasteiger partial charge < -0.3 is 11.1 Å². The molecule has 3 heteroatoms. The van der Waals surface area contributed by atoms with Crippen molar-refractivity contribution in [3.05, 3.63) is 34.9 Å². The van der Waals surface area contributed by atoms with Crippen LogP contribution in [0.1, 0.15) is 47.7 Å². The monoisotopic (exact) mass is 246 g/mol. The van der Waals surface area contributed by atoms with Gasteiger partial charge in [-0.1, -0.05) is 6.07 Å². The van der Waals surface area contributed by atoms with Gasteiger partial charge >= 0.3 is 0 Å². The molecule has 98 valence electrons. The van der Waals surface area contributed by atoms with Crippen LogP contribution >= 0.6 is 0 Å². The van der Waals surface area contributed by atoms with Gasteiger partial charge in [0, 0.05) is 18.2 Å². The molecule has 2 rings (SSSR count). The van der Waals surface area contributed by atoms with Crippen LogP contribution in [0.2, 0.25) is 0 Å². The van der Waals surface area contributed by atoms with E-state index in [1.807, 2.05) is 13.0 Å². The van der Waals surface area contributed by atoms with Gasteiger partial charge in [-0.3, -0.25) is 4.79 Å². The zero-order valence-electron chi connectivity index (χ0n) is 11.0. The first-order chi connectivity index (χ1) is 8.66. The number of fused-ring (bicyclic) bond motifs is 1. The molecule has 0 fully saturated rings. The minimum absolute atomic E-state index is 0.0176. The molecule has 3 N–H and O–H groups in total. The Morgan fingerprint density at radius 2 is 2.06 bits per heavy atom. The topological polar surface area (TPSA) is 55.1 Å². The molecule has 0 heterocycles. The number of benzene rings is 1. The van der Waals surface area contributed by atoms with E-state index in [2.05, 4.69) is 17.4 Å². The van der Waals surface area contributed by atoms with Gasteiger partial charge in [-0.05, 0) is 62.3 Å². The van der Waals surface area contributed by atoms with E-state index in [0.29, 0.717) is 6.54 Å². The van der Waals surface area contributed by atoms with Crippen molar-refractivity contribution in [3.63, 3.8) is 0 Å². The molecule has 0 spiro atoms. The van der Waals surface area contributed by atoms with Gasteiger partial charge in [-0.15, -0.1) is 0 Å². The van der Waals surface area contributed by atoms with E-state index in [1.54, 1.807) is 0 Å². The summed E-state index contributed by atoms with van der Waals surface area (Å²) in [6.45, 7) is 2.60. The Labute approximate surface area is 109 Å². The maximum Gasteiger partial charge on any atom is 0.251 e. The summed E-state index contributed by atoms with van der Waals surface area (Å²) in [5.41, 5.74) is 9.19. The van der Waals surface area contributed by atoms with Gasteiger partial charge in [0.15, 0.2) is 0 Å². The molecule has 1 aromatic rings. The molecule has 1 aromatic carbocycles. The fourth-order valence-corrected chi connectivity index (χ4v) is 2.39. The largest absolute Gasteiger partial charge is 0.352 e. The quantitative estimate of drug-likeness (QED) is 0.854. The lowest BCUT2D eigenvalue weighted by molar-refractivity contribution is 0.0952. The molecule has 0 radical (unpaired) electrons. The van der Waals surface area contributed by atoms with E-state index < -0.39 is 0 Å². The van der Waals surface area contributed by atoms with E-state index in [9.17, 15) is 4.79 Å². The summed E-state index contributed by atoms with van der Waals surface area (Å²) < 4.78 is 0. The highest BCUT2D eigenvalue weighted by Crippen LogP contribution is 2.22. The van der Waals surface area contributed by atoms with Gasteiger partial charge in [0.2, 0.25) is 0 Å². The Kier molecular flexibility index (Phi) is 4.37. The van der Waals surface area contributed by atoms with Crippen LogP contribution < -0.4 is 11.1 Å². The van der Waals surface area contributed by atoms with Gasteiger partial charge in [-0.25, -0.2) is 0 Å². The first-order valence-electron chi connectivity index (χ1n) is 6.82. The summed E-state index contributed by atoms with van der Waals surface area (Å²) in [5, 5.41) is 2.92. The molecule has 0 aliphatic heterocycles. The molecule has 0 aromatic heterocycles. The first-order valence-corrected chi connectivity index (χ1v) is 6.82. The van der Waals surface area contributed by atoms with Crippen LogP contribution in [0.25, 0.3) is 0 Å². The molecule has 0 saturated heterocycles. The minimum atomic E-state index is 0.0176. The lowest BCUT2D eigenvalue weighted by atomic mass is 9.90. The third-order valence-corrected chi connectivity index (χ3v) is 3.50. The Bertz CT molecular complexity index is 427. The average molecular weight is 246 g/mol. The SMILES string of the molecule is CC(N)CCNC(=O)c1ccc2c(c1)CCCC2. The third kappa shape index (κ3) is 3.33. The number of carbonyl (C=O) groups is 1. The Hall–Kier alpha value is -1.35. The highest BCUT2D eigenvalue weighted by Gasteiger charge is 2.12. The first kappa shape index (κ1) is 13.1. The fraction of sp³-hybridized carbons (Fsp3) is 0.533. The van der Waals surface area contributed by atoms with Crippen LogP contribution in [-0.4, -0.2) is 18.5 Å². The van der Waals surface area contributed by atoms with Crippen molar-refractivity contribution in [3.8, 4) is 0 Å². The molecule has 18 heavy (non-hydrogen) atoms. The van der Waals surface area contributed by atoms with E-state index in [-0.39, 0.29) is 11.9 Å². The van der Waals surface area contributed by atoms with E-state index in [4.69, 9.17) is 5.73 Å². The van der Waals surface area contributed by atoms with Crippen LogP contribution in [0, 0.1) is 0 Å². The van der Waals surface area contributed by atoms with Crippen LogP contribution in [0.15, 0.2) is 18.2 Å². The number of amides is 1. The number of hydrogen-bond donors (Lipinski definition) is 2. The molecule has 1 atom stereocenters. The molecule has 1 unspecified atom stereocenters. The van der Waals surface area contributed by atoms with Crippen molar-refractivity contribution in [1.29, 1.82) is 0 Å². The number of hydrogen-bond acceptors (Lipinski definition) is 2. The predicted octanol–water partition coefficient (Wildman–Crippen LogP) is 2.03. The van der Waals surface area contributed by atoms with Crippen LogP contribution in [0.5, 0.6) is 0 Å². The van der Waals surface area contributed by atoms with Crippen molar-refractivity contribution < 1.29 is 4.79 Å². The second-order valence-electron chi connectivity index (χ2n) is 5.21. The minimum Gasteiger partial charge on any atom is -0.352 e. The fourth-order valence-electron chi connectivity index (χ4n) is 2.39. The van der Waals surface area contributed by atoms with Crippen LogP contribution in [0.3, 0.4) is 0 Å². The highest BCUT2D eigenvalue weighted by molar-refractivity contribution is 5.94. The second-order valence-corrected chi connectivity index (χ2v) is 5.21. The zero-order chi connectivity index (χ0) is 13.0. The van der Waals surface area contributed by atoms with Crippen LogP contribution in [-0.2, 0) is 12.8 Å². The van der Waals surface area contributed by atoms with E-state index in [1.165, 1.54) is 24.0 Å². The summed E-state index contributed by atoms with van der Waals surface area (Å²) in [5.74, 6) is 0.0176. The summed E-state index contributed by atoms with van der Waals surface area (Å²) >= 11 is 0. The lowest BCUT2D eigenvalue weighted by Gasteiger charge is -2.16. The zero-order valence-corrected chi connectivity index (χ0v) is 11.0. The van der Waals surface area contributed by atoms with Gasteiger partial charge in [0.25, 0.3) is 5.91 Å². The molecular formula is C15H22N2O. The highest BCUT2D eigenvalue weighted by atomic mass is 16.1. The van der Waals surface area contributed by atoms with Gasteiger partial charge in [0.1, 0.15) is 0 Å². The molecule has 1 aliphatic carbocycles. The Morgan fingerprint density at radius 3 is 2.78 bits per heavy atom. The number of rotatable bonds is 4. The van der Waals surface area contributed by atoms with Gasteiger partial charge in [0.05, 0.1) is 0 Å². The molecule has 0 bridgehead atoms. The number of nitrogens with two attached hydrogens (primary N) is 1. The maximum absolute atomic E-state index is 12.0. The predicted molar refractivity (Wildman–Crippen MR) is 73.7 cm³/mol. The van der Waals surface area contributed by atoms with Crippen molar-refractivity contribution in [2.24, 2.45) is 5.73 Å². The summed E-state index contributed by atoms with van der Waals surface area (Å²) in [6, 6.07) is 6.23. The maximum atomic E-state index is 12.0. The smallest absolute Gasteiger partial charge is 0.251 e. The lowest BCUT2D eigenvalue weighted by Crippen LogP contribution is -2.29. The molecule has 1 aliphatic rings. The van der Waals surface area contributed by atoms with Crippen LogP contribution in [0.4, 0.5) is 0 Å². The summed E-state index contributed by atoms with van der Waals surface area (Å²) in [6.07, 6.45) is 5.59.